The summed E-state index contributed by atoms with van der Waals surface area (Å²) < 4.78 is 7.49. The van der Waals surface area contributed by atoms with Crippen LogP contribution in [0.5, 0.6) is 5.75 Å². The number of nitrogen functional groups attached to an aromatic ring is 1. The minimum atomic E-state index is 0.0799. The second-order valence-electron chi connectivity index (χ2n) is 9.07. The van der Waals surface area contributed by atoms with E-state index >= 15 is 0 Å². The lowest BCUT2D eigenvalue weighted by Gasteiger charge is -2.28. The van der Waals surface area contributed by atoms with Gasteiger partial charge in [0.2, 0.25) is 5.95 Å². The van der Waals surface area contributed by atoms with Crippen LogP contribution in [-0.4, -0.2) is 74.6 Å². The Bertz CT molecular complexity index is 1090. The Morgan fingerprint density at radius 1 is 1.21 bits per heavy atom. The molecule has 34 heavy (non-hydrogen) atoms. The smallest absolute Gasteiger partial charge is 0.222 e. The first-order valence-electron chi connectivity index (χ1n) is 12.1. The van der Waals surface area contributed by atoms with Crippen LogP contribution in [0.25, 0.3) is 11.0 Å². The average molecular weight is 469 g/mol. The Hall–Kier alpha value is -2.98. The number of piperidine rings is 1. The van der Waals surface area contributed by atoms with Gasteiger partial charge in [-0.3, -0.25) is 9.67 Å². The van der Waals surface area contributed by atoms with Crippen LogP contribution in [0.2, 0.25) is 0 Å². The van der Waals surface area contributed by atoms with Crippen molar-refractivity contribution in [2.75, 3.05) is 44.9 Å². The molecule has 184 valence electrons. The second-order valence-corrected chi connectivity index (χ2v) is 9.07. The van der Waals surface area contributed by atoms with Crippen LogP contribution >= 0.6 is 0 Å². The third kappa shape index (κ3) is 5.39. The monoisotopic (exact) mass is 468 g/mol. The van der Waals surface area contributed by atoms with Crippen molar-refractivity contribution in [2.45, 2.75) is 57.5 Å². The maximum absolute atomic E-state index is 9.48. The number of methoxy groups -OCH3 is 1. The van der Waals surface area contributed by atoms with E-state index in [9.17, 15) is 5.11 Å². The molecule has 4 heterocycles. The molecular weight excluding hydrogens is 432 g/mol. The van der Waals surface area contributed by atoms with Crippen molar-refractivity contribution in [3.05, 3.63) is 29.7 Å². The molecule has 4 rings (SSSR count). The number of aromatic nitrogens is 5. The van der Waals surface area contributed by atoms with Crippen molar-refractivity contribution in [2.24, 2.45) is 0 Å². The Morgan fingerprint density at radius 2 is 2.00 bits per heavy atom. The largest absolute Gasteiger partial charge is 0.495 e. The number of rotatable bonds is 10. The second kappa shape index (κ2) is 11.0. The van der Waals surface area contributed by atoms with Crippen LogP contribution in [-0.2, 0) is 6.54 Å². The number of aliphatic hydroxyl groups is 1. The van der Waals surface area contributed by atoms with Gasteiger partial charge in [-0.25, -0.2) is 4.98 Å². The molecule has 0 aromatic carbocycles. The van der Waals surface area contributed by atoms with Crippen LogP contribution in [0, 0.1) is 0 Å². The van der Waals surface area contributed by atoms with Gasteiger partial charge >= 0.3 is 0 Å². The molecule has 1 saturated heterocycles. The summed E-state index contributed by atoms with van der Waals surface area (Å²) in [6, 6.07) is 4.17. The maximum atomic E-state index is 9.48. The van der Waals surface area contributed by atoms with Crippen LogP contribution in [0.15, 0.2) is 18.3 Å². The number of fused-ring (bicyclic) bond motifs is 1. The van der Waals surface area contributed by atoms with Crippen molar-refractivity contribution in [1.82, 2.24) is 29.6 Å². The molecular formula is C24H36N8O2. The average Bonchev–Trinajstić information content (AvgIpc) is 3.22. The number of anilines is 2. The highest BCUT2D eigenvalue weighted by molar-refractivity contribution is 5.86. The molecule has 1 aliphatic rings. The van der Waals surface area contributed by atoms with E-state index in [2.05, 4.69) is 45.3 Å². The zero-order chi connectivity index (χ0) is 24.1. The molecule has 0 aliphatic carbocycles. The fraction of sp³-hybridized carbons (Fsp3) is 0.583. The molecule has 0 spiro atoms. The normalized spacial score (nSPS) is 16.1. The van der Waals surface area contributed by atoms with Gasteiger partial charge in [-0.2, -0.15) is 10.1 Å². The van der Waals surface area contributed by atoms with E-state index < -0.39 is 0 Å². The molecule has 1 aliphatic heterocycles. The summed E-state index contributed by atoms with van der Waals surface area (Å²) in [5.74, 6) is 1.99. The predicted molar refractivity (Wildman–Crippen MR) is 133 cm³/mol. The Kier molecular flexibility index (Phi) is 7.79. The van der Waals surface area contributed by atoms with Gasteiger partial charge in [-0.05, 0) is 58.0 Å². The zero-order valence-electron chi connectivity index (χ0n) is 20.4. The first-order valence-corrected chi connectivity index (χ1v) is 12.1. The lowest BCUT2D eigenvalue weighted by atomic mass is 9.93. The van der Waals surface area contributed by atoms with Gasteiger partial charge in [0, 0.05) is 24.3 Å². The summed E-state index contributed by atoms with van der Waals surface area (Å²) in [4.78, 5) is 16.2. The highest BCUT2D eigenvalue weighted by Crippen LogP contribution is 2.30. The van der Waals surface area contributed by atoms with E-state index in [-0.39, 0.29) is 18.6 Å². The topological polar surface area (TPSA) is 127 Å². The summed E-state index contributed by atoms with van der Waals surface area (Å²) in [6.07, 6.45) is 6.43. The standard InChI is InChI=1S/C24H36N8O2/c1-4-5-17(10-13-33)27-23-22-19(29-24(25)30-23)14-26-32(22)15-20-21(34-3)7-6-18(28-20)16-8-11-31(2)12-9-16/h6-7,14,16-17,33H,4-5,8-13,15H2,1-3H3,(H3,25,27,29,30)/t17-/m0/s1. The number of nitrogens with two attached hydrogens (primary N) is 1. The minimum Gasteiger partial charge on any atom is -0.495 e. The summed E-state index contributed by atoms with van der Waals surface area (Å²) in [6.45, 7) is 4.81. The number of aliphatic hydroxyl groups excluding tert-OH is 1. The van der Waals surface area contributed by atoms with Crippen molar-refractivity contribution < 1.29 is 9.84 Å². The summed E-state index contributed by atoms with van der Waals surface area (Å²) in [5.41, 5.74) is 9.34. The van der Waals surface area contributed by atoms with Gasteiger partial charge in [0.25, 0.3) is 0 Å². The summed E-state index contributed by atoms with van der Waals surface area (Å²) in [5, 5.41) is 17.5. The number of hydrogen-bond acceptors (Lipinski definition) is 9. The van der Waals surface area contributed by atoms with E-state index in [0.29, 0.717) is 30.2 Å². The number of pyridine rings is 1. The third-order valence-electron chi connectivity index (χ3n) is 6.57. The van der Waals surface area contributed by atoms with Gasteiger partial charge in [-0.1, -0.05) is 13.3 Å². The van der Waals surface area contributed by atoms with E-state index in [1.54, 1.807) is 13.3 Å². The van der Waals surface area contributed by atoms with Crippen molar-refractivity contribution in [3.63, 3.8) is 0 Å². The van der Waals surface area contributed by atoms with Crippen LogP contribution in [0.3, 0.4) is 0 Å². The molecule has 4 N–H and O–H groups in total. The molecule has 0 radical (unpaired) electrons. The van der Waals surface area contributed by atoms with Crippen molar-refractivity contribution in [3.8, 4) is 5.75 Å². The van der Waals surface area contributed by atoms with Gasteiger partial charge in [0.05, 0.1) is 19.9 Å². The Morgan fingerprint density at radius 3 is 2.71 bits per heavy atom. The fourth-order valence-corrected chi connectivity index (χ4v) is 4.70. The molecule has 0 bridgehead atoms. The summed E-state index contributed by atoms with van der Waals surface area (Å²) in [7, 11) is 3.83. The lowest BCUT2D eigenvalue weighted by Crippen LogP contribution is -2.29. The van der Waals surface area contributed by atoms with Crippen molar-refractivity contribution in [1.29, 1.82) is 0 Å². The van der Waals surface area contributed by atoms with Crippen LogP contribution < -0.4 is 15.8 Å². The molecule has 1 atom stereocenters. The van der Waals surface area contributed by atoms with E-state index in [1.807, 2.05) is 10.7 Å². The quantitative estimate of drug-likeness (QED) is 0.411. The number of hydrogen-bond donors (Lipinski definition) is 3. The molecule has 0 unspecified atom stereocenters. The first-order chi connectivity index (χ1) is 16.5. The van der Waals surface area contributed by atoms with Gasteiger partial charge in [0.15, 0.2) is 5.82 Å². The lowest BCUT2D eigenvalue weighted by molar-refractivity contribution is 0.253. The predicted octanol–water partition coefficient (Wildman–Crippen LogP) is 2.63. The van der Waals surface area contributed by atoms with E-state index in [1.165, 1.54) is 0 Å². The fourth-order valence-electron chi connectivity index (χ4n) is 4.70. The third-order valence-corrected chi connectivity index (χ3v) is 6.57. The highest BCUT2D eigenvalue weighted by Gasteiger charge is 2.22. The number of nitrogens with one attached hydrogen (secondary N) is 1. The van der Waals surface area contributed by atoms with Gasteiger partial charge in [0.1, 0.15) is 22.5 Å². The summed E-state index contributed by atoms with van der Waals surface area (Å²) >= 11 is 0. The van der Waals surface area contributed by atoms with E-state index in [0.717, 1.165) is 61.4 Å². The molecule has 10 nitrogen and oxygen atoms in total. The SMILES string of the molecule is CCC[C@@H](CCO)Nc1nc(N)nc2cnn(Cc3nc(C4CCN(C)CC4)ccc3OC)c12. The van der Waals surface area contributed by atoms with Crippen LogP contribution in [0.4, 0.5) is 11.8 Å². The molecule has 10 heteroatoms. The van der Waals surface area contributed by atoms with Gasteiger partial charge in [-0.15, -0.1) is 0 Å². The number of ether oxygens (including phenoxy) is 1. The first kappa shape index (κ1) is 24.2. The van der Waals surface area contributed by atoms with Crippen LogP contribution in [0.1, 0.15) is 56.3 Å². The Balaban J connectivity index is 1.67. The molecule has 0 amide bonds. The number of likely N-dealkylation sites (tertiary alicyclic amines) is 1. The molecule has 1 fully saturated rings. The zero-order valence-corrected chi connectivity index (χ0v) is 20.4. The number of nitrogens with zero attached hydrogens (tertiary/aromatic N) is 6. The molecule has 3 aromatic rings. The van der Waals surface area contributed by atoms with E-state index in [4.69, 9.17) is 15.5 Å². The van der Waals surface area contributed by atoms with Gasteiger partial charge < -0.3 is 25.8 Å². The molecule has 3 aromatic heterocycles. The van der Waals surface area contributed by atoms with Crippen molar-refractivity contribution >= 4 is 22.8 Å². The molecule has 0 saturated carbocycles. The highest BCUT2D eigenvalue weighted by atomic mass is 16.5. The maximum Gasteiger partial charge on any atom is 0.222 e. The minimum absolute atomic E-state index is 0.0799. The Labute approximate surface area is 200 Å².